The Kier molecular flexibility index (Phi) is 5.68. The van der Waals surface area contributed by atoms with Gasteiger partial charge in [0.15, 0.2) is 0 Å². The first-order chi connectivity index (χ1) is 10.3. The molecule has 1 N–H and O–H groups in total. The minimum atomic E-state index is 0.0216. The maximum Gasteiger partial charge on any atom is 0.0782 e. The second-order valence-electron chi connectivity index (χ2n) is 8.16. The number of nitrogens with one attached hydrogen (secondary N) is 1. The quantitative estimate of drug-likeness (QED) is 0.811. The predicted octanol–water partition coefficient (Wildman–Crippen LogP) is 4.46. The van der Waals surface area contributed by atoms with Crippen LogP contribution in [0.4, 0.5) is 0 Å². The molecule has 0 radical (unpaired) electrons. The Morgan fingerprint density at radius 2 is 1.86 bits per heavy atom. The third-order valence-corrected chi connectivity index (χ3v) is 4.66. The highest BCUT2D eigenvalue weighted by Gasteiger charge is 2.30. The molecule has 2 rings (SSSR count). The smallest absolute Gasteiger partial charge is 0.0782 e. The molecule has 0 bridgehead atoms. The SMILES string of the molecule is CC1CNCC(C)(CCCCc2ccc(C(C)(C)C)cc2)O1. The molecule has 0 aliphatic carbocycles. The van der Waals surface area contributed by atoms with Crippen molar-refractivity contribution in [2.45, 2.75) is 77.4 Å². The van der Waals surface area contributed by atoms with Gasteiger partial charge in [-0.1, -0.05) is 51.5 Å². The van der Waals surface area contributed by atoms with Gasteiger partial charge in [-0.2, -0.15) is 0 Å². The van der Waals surface area contributed by atoms with E-state index in [4.69, 9.17) is 4.74 Å². The molecule has 0 saturated carbocycles. The molecule has 1 aromatic carbocycles. The number of aryl methyl sites for hydroxylation is 1. The van der Waals surface area contributed by atoms with E-state index < -0.39 is 0 Å². The van der Waals surface area contributed by atoms with E-state index in [-0.39, 0.29) is 11.0 Å². The van der Waals surface area contributed by atoms with Crippen LogP contribution in [0.15, 0.2) is 24.3 Å². The number of benzene rings is 1. The fraction of sp³-hybridized carbons (Fsp3) is 0.700. The number of hydrogen-bond donors (Lipinski definition) is 1. The normalized spacial score (nSPS) is 26.1. The maximum absolute atomic E-state index is 6.12. The van der Waals surface area contributed by atoms with Gasteiger partial charge in [-0.05, 0) is 49.7 Å². The lowest BCUT2D eigenvalue weighted by Crippen LogP contribution is -2.51. The van der Waals surface area contributed by atoms with Gasteiger partial charge in [-0.3, -0.25) is 0 Å². The summed E-state index contributed by atoms with van der Waals surface area (Å²) in [5, 5.41) is 3.48. The van der Waals surface area contributed by atoms with Gasteiger partial charge < -0.3 is 10.1 Å². The standard InChI is InChI=1S/C20H33NO/c1-16-14-21-15-20(5,22-16)13-7-6-8-17-9-11-18(12-10-17)19(2,3)4/h9-12,16,21H,6-8,13-15H2,1-5H3. The van der Waals surface area contributed by atoms with Crippen molar-refractivity contribution in [3.05, 3.63) is 35.4 Å². The number of unbranched alkanes of at least 4 members (excludes halogenated alkanes) is 1. The Hall–Kier alpha value is -0.860. The summed E-state index contributed by atoms with van der Waals surface area (Å²) in [6.45, 7) is 13.2. The fourth-order valence-electron chi connectivity index (χ4n) is 3.26. The second kappa shape index (κ2) is 7.14. The van der Waals surface area contributed by atoms with Crippen molar-refractivity contribution in [2.24, 2.45) is 0 Å². The third-order valence-electron chi connectivity index (χ3n) is 4.66. The van der Waals surface area contributed by atoms with E-state index in [1.807, 2.05) is 0 Å². The van der Waals surface area contributed by atoms with Gasteiger partial charge in [-0.25, -0.2) is 0 Å². The molecule has 1 fully saturated rings. The summed E-state index contributed by atoms with van der Waals surface area (Å²) in [6, 6.07) is 9.16. The molecular formula is C20H33NO. The average molecular weight is 303 g/mol. The molecule has 2 nitrogen and oxygen atoms in total. The Morgan fingerprint density at radius 1 is 1.18 bits per heavy atom. The number of morpholine rings is 1. The molecular weight excluding hydrogens is 270 g/mol. The van der Waals surface area contributed by atoms with E-state index >= 15 is 0 Å². The Balaban J connectivity index is 1.74. The van der Waals surface area contributed by atoms with Crippen LogP contribution in [-0.4, -0.2) is 24.8 Å². The van der Waals surface area contributed by atoms with Crippen LogP contribution in [0.5, 0.6) is 0 Å². The molecule has 1 aromatic rings. The van der Waals surface area contributed by atoms with Crippen molar-refractivity contribution in [1.29, 1.82) is 0 Å². The van der Waals surface area contributed by atoms with E-state index in [1.165, 1.54) is 30.4 Å². The number of ether oxygens (including phenoxy) is 1. The van der Waals surface area contributed by atoms with Crippen LogP contribution in [-0.2, 0) is 16.6 Å². The first kappa shape index (κ1) is 17.5. The van der Waals surface area contributed by atoms with Gasteiger partial charge in [0.2, 0.25) is 0 Å². The molecule has 0 amide bonds. The van der Waals surface area contributed by atoms with Crippen LogP contribution in [0, 0.1) is 0 Å². The average Bonchev–Trinajstić information content (AvgIpc) is 2.43. The van der Waals surface area contributed by atoms with Crippen molar-refractivity contribution in [2.75, 3.05) is 13.1 Å². The largest absolute Gasteiger partial charge is 0.370 e. The van der Waals surface area contributed by atoms with Crippen molar-refractivity contribution in [1.82, 2.24) is 5.32 Å². The zero-order valence-electron chi connectivity index (χ0n) is 15.0. The monoisotopic (exact) mass is 303 g/mol. The van der Waals surface area contributed by atoms with Gasteiger partial charge in [-0.15, -0.1) is 0 Å². The summed E-state index contributed by atoms with van der Waals surface area (Å²) in [5.74, 6) is 0. The van der Waals surface area contributed by atoms with E-state index in [2.05, 4.69) is 64.2 Å². The van der Waals surface area contributed by atoms with Crippen molar-refractivity contribution in [3.8, 4) is 0 Å². The highest BCUT2D eigenvalue weighted by atomic mass is 16.5. The summed E-state index contributed by atoms with van der Waals surface area (Å²) < 4.78 is 6.12. The molecule has 1 saturated heterocycles. The summed E-state index contributed by atoms with van der Waals surface area (Å²) in [5.41, 5.74) is 3.14. The zero-order valence-corrected chi connectivity index (χ0v) is 15.0. The number of hydrogen-bond acceptors (Lipinski definition) is 2. The van der Waals surface area contributed by atoms with Gasteiger partial charge >= 0.3 is 0 Å². The zero-order chi connectivity index (χ0) is 16.2. The van der Waals surface area contributed by atoms with Crippen LogP contribution in [0.1, 0.15) is 65.0 Å². The van der Waals surface area contributed by atoms with E-state index in [9.17, 15) is 0 Å². The molecule has 1 aliphatic heterocycles. The summed E-state index contributed by atoms with van der Waals surface area (Å²) in [7, 11) is 0. The summed E-state index contributed by atoms with van der Waals surface area (Å²) in [6.07, 6.45) is 5.12. The minimum Gasteiger partial charge on any atom is -0.370 e. The number of rotatable bonds is 5. The minimum absolute atomic E-state index is 0.0216. The predicted molar refractivity (Wildman–Crippen MR) is 94.5 cm³/mol. The lowest BCUT2D eigenvalue weighted by atomic mass is 9.86. The first-order valence-electron chi connectivity index (χ1n) is 8.76. The van der Waals surface area contributed by atoms with E-state index in [0.717, 1.165) is 19.5 Å². The van der Waals surface area contributed by atoms with Gasteiger partial charge in [0.25, 0.3) is 0 Å². The molecule has 2 atom stereocenters. The molecule has 0 spiro atoms. The first-order valence-corrected chi connectivity index (χ1v) is 8.76. The highest BCUT2D eigenvalue weighted by molar-refractivity contribution is 5.27. The molecule has 2 unspecified atom stereocenters. The van der Waals surface area contributed by atoms with Gasteiger partial charge in [0.1, 0.15) is 0 Å². The topological polar surface area (TPSA) is 21.3 Å². The maximum atomic E-state index is 6.12. The summed E-state index contributed by atoms with van der Waals surface area (Å²) in [4.78, 5) is 0. The van der Waals surface area contributed by atoms with Gasteiger partial charge in [0, 0.05) is 13.1 Å². The van der Waals surface area contributed by atoms with Crippen LogP contribution in [0.3, 0.4) is 0 Å². The van der Waals surface area contributed by atoms with Crippen molar-refractivity contribution < 1.29 is 4.74 Å². The van der Waals surface area contributed by atoms with Crippen molar-refractivity contribution in [3.63, 3.8) is 0 Å². The van der Waals surface area contributed by atoms with Crippen LogP contribution < -0.4 is 5.32 Å². The Morgan fingerprint density at radius 3 is 2.45 bits per heavy atom. The van der Waals surface area contributed by atoms with Crippen LogP contribution in [0.2, 0.25) is 0 Å². The van der Waals surface area contributed by atoms with Crippen LogP contribution >= 0.6 is 0 Å². The van der Waals surface area contributed by atoms with Gasteiger partial charge in [0.05, 0.1) is 11.7 Å². The summed E-state index contributed by atoms with van der Waals surface area (Å²) >= 11 is 0. The highest BCUT2D eigenvalue weighted by Crippen LogP contribution is 2.25. The molecule has 1 heterocycles. The molecule has 124 valence electrons. The van der Waals surface area contributed by atoms with Crippen LogP contribution in [0.25, 0.3) is 0 Å². The lowest BCUT2D eigenvalue weighted by molar-refractivity contribution is -0.102. The molecule has 0 aromatic heterocycles. The molecule has 1 aliphatic rings. The molecule has 22 heavy (non-hydrogen) atoms. The van der Waals surface area contributed by atoms with Crippen molar-refractivity contribution >= 4 is 0 Å². The lowest BCUT2D eigenvalue weighted by Gasteiger charge is -2.38. The Bertz CT molecular complexity index is 460. The third kappa shape index (κ3) is 5.10. The second-order valence-corrected chi connectivity index (χ2v) is 8.16. The fourth-order valence-corrected chi connectivity index (χ4v) is 3.26. The molecule has 2 heteroatoms. The van der Waals surface area contributed by atoms with E-state index in [0.29, 0.717) is 6.10 Å². The Labute approximate surface area is 136 Å². The van der Waals surface area contributed by atoms with E-state index in [1.54, 1.807) is 0 Å².